The van der Waals surface area contributed by atoms with Crippen LogP contribution in [-0.4, -0.2) is 45.0 Å². The fourth-order valence-electron chi connectivity index (χ4n) is 5.29. The third-order valence-electron chi connectivity index (χ3n) is 7.48. The van der Waals surface area contributed by atoms with E-state index >= 15 is 0 Å². The molecule has 1 saturated heterocycles. The summed E-state index contributed by atoms with van der Waals surface area (Å²) in [4.78, 5) is 64.2. The summed E-state index contributed by atoms with van der Waals surface area (Å²) in [7, 11) is 0. The number of imide groups is 1. The normalized spacial score (nSPS) is 20.0. The van der Waals surface area contributed by atoms with Crippen LogP contribution in [0, 0.1) is 27.9 Å². The maximum Gasteiger partial charge on any atom is 0.273 e. The smallest absolute Gasteiger partial charge is 0.273 e. The van der Waals surface area contributed by atoms with Crippen LogP contribution in [0.1, 0.15) is 46.9 Å². The Morgan fingerprint density at radius 1 is 0.902 bits per heavy atom. The van der Waals surface area contributed by atoms with E-state index in [-0.39, 0.29) is 22.7 Å². The van der Waals surface area contributed by atoms with E-state index in [0.717, 1.165) is 16.4 Å². The summed E-state index contributed by atoms with van der Waals surface area (Å²) in [6.07, 6.45) is 1.92. The number of non-ortho nitro benzene ring substituents is 1. The van der Waals surface area contributed by atoms with E-state index in [1.165, 1.54) is 60.7 Å². The first-order valence-electron chi connectivity index (χ1n) is 13.1. The van der Waals surface area contributed by atoms with Crippen LogP contribution >= 0.6 is 11.6 Å². The van der Waals surface area contributed by atoms with E-state index < -0.39 is 46.8 Å². The number of benzene rings is 3. The molecule has 1 aliphatic heterocycles. The number of ether oxygens (including phenoxy) is 1. The molecule has 0 bridgehead atoms. The van der Waals surface area contributed by atoms with Crippen molar-refractivity contribution in [3.8, 4) is 11.5 Å². The van der Waals surface area contributed by atoms with Crippen LogP contribution in [0.4, 0.5) is 5.69 Å². The van der Waals surface area contributed by atoms with Gasteiger partial charge in [0, 0.05) is 28.3 Å². The van der Waals surface area contributed by atoms with Crippen molar-refractivity contribution in [2.45, 2.75) is 26.2 Å². The Balaban J connectivity index is 1.37. The summed E-state index contributed by atoms with van der Waals surface area (Å²) in [6.45, 7) is 1.50. The van der Waals surface area contributed by atoms with Crippen molar-refractivity contribution in [2.75, 3.05) is 6.54 Å². The number of nitro benzene ring substituents is 1. The number of hydrogen-bond acceptors (Lipinski definition) is 7. The van der Waals surface area contributed by atoms with Crippen LogP contribution in [0.2, 0.25) is 5.02 Å². The lowest BCUT2D eigenvalue weighted by Gasteiger charge is -2.30. The number of nitrogens with zero attached hydrogens (tertiary/aromatic N) is 3. The Bertz CT molecular complexity index is 1510. The largest absolute Gasteiger partial charge is 0.457 e. The molecule has 0 unspecified atom stereocenters. The summed E-state index contributed by atoms with van der Waals surface area (Å²) >= 11 is 5.98. The number of ketones is 1. The Morgan fingerprint density at radius 3 is 2.07 bits per heavy atom. The van der Waals surface area contributed by atoms with Crippen molar-refractivity contribution in [2.24, 2.45) is 17.8 Å². The fourth-order valence-corrected chi connectivity index (χ4v) is 5.42. The Hall–Kier alpha value is -4.57. The lowest BCUT2D eigenvalue weighted by Crippen LogP contribution is -2.52. The molecule has 41 heavy (non-hydrogen) atoms. The van der Waals surface area contributed by atoms with Gasteiger partial charge in [0.05, 0.1) is 16.8 Å². The molecule has 3 aromatic rings. The van der Waals surface area contributed by atoms with E-state index in [9.17, 15) is 29.3 Å². The van der Waals surface area contributed by atoms with Crippen molar-refractivity contribution in [3.05, 3.63) is 99.1 Å². The molecule has 1 aliphatic carbocycles. The summed E-state index contributed by atoms with van der Waals surface area (Å²) in [5, 5.41) is 13.1. The quantitative estimate of drug-likeness (QED) is 0.146. The predicted molar refractivity (Wildman–Crippen MR) is 148 cm³/mol. The van der Waals surface area contributed by atoms with Gasteiger partial charge >= 0.3 is 0 Å². The summed E-state index contributed by atoms with van der Waals surface area (Å²) in [5.41, 5.74) is 0.345. The van der Waals surface area contributed by atoms with Crippen molar-refractivity contribution in [3.63, 3.8) is 0 Å². The highest BCUT2D eigenvalue weighted by atomic mass is 35.5. The number of rotatable bonds is 8. The number of fused-ring (bicyclic) bond motifs is 1. The molecule has 5 rings (SSSR count). The van der Waals surface area contributed by atoms with Crippen molar-refractivity contribution < 1.29 is 28.8 Å². The molecule has 1 heterocycles. The number of halogens is 1. The van der Waals surface area contributed by atoms with Gasteiger partial charge in [0.25, 0.3) is 23.4 Å². The number of carbonyl (C=O) groups is 4. The minimum atomic E-state index is -0.665. The monoisotopic (exact) mass is 575 g/mol. The van der Waals surface area contributed by atoms with E-state index in [0.29, 0.717) is 29.4 Å². The van der Waals surface area contributed by atoms with Crippen LogP contribution in [0.15, 0.2) is 72.8 Å². The number of nitro groups is 1. The number of hydrazine groups is 1. The third-order valence-corrected chi connectivity index (χ3v) is 7.74. The van der Waals surface area contributed by atoms with E-state index in [1.54, 1.807) is 12.1 Å². The summed E-state index contributed by atoms with van der Waals surface area (Å²) in [6, 6.07) is 17.6. The minimum absolute atomic E-state index is 0.0697. The second-order valence-corrected chi connectivity index (χ2v) is 10.7. The molecule has 1 saturated carbocycles. The highest BCUT2D eigenvalue weighted by Crippen LogP contribution is 2.41. The van der Waals surface area contributed by atoms with Crippen molar-refractivity contribution >= 4 is 40.8 Å². The molecule has 0 N–H and O–H groups in total. The number of carbonyl (C=O) groups excluding carboxylic acids is 4. The van der Waals surface area contributed by atoms with Gasteiger partial charge in [-0.1, -0.05) is 18.5 Å². The molecular weight excluding hydrogens is 550 g/mol. The summed E-state index contributed by atoms with van der Waals surface area (Å²) in [5.74, 6) is -2.07. The van der Waals surface area contributed by atoms with Gasteiger partial charge in [-0.3, -0.25) is 29.3 Å². The van der Waals surface area contributed by atoms with Gasteiger partial charge in [0.1, 0.15) is 18.0 Å². The van der Waals surface area contributed by atoms with Gasteiger partial charge < -0.3 is 4.74 Å². The molecule has 2 aliphatic rings. The Labute approximate surface area is 240 Å². The van der Waals surface area contributed by atoms with Gasteiger partial charge in [-0.25, -0.2) is 5.01 Å². The molecule has 0 aromatic heterocycles. The molecule has 3 aromatic carbocycles. The van der Waals surface area contributed by atoms with Gasteiger partial charge in [-0.2, -0.15) is 5.01 Å². The van der Waals surface area contributed by atoms with Crippen molar-refractivity contribution in [1.82, 2.24) is 10.0 Å². The average Bonchev–Trinajstić information content (AvgIpc) is 3.20. The van der Waals surface area contributed by atoms with E-state index in [2.05, 4.69) is 0 Å². The second-order valence-electron chi connectivity index (χ2n) is 10.3. The highest BCUT2D eigenvalue weighted by Gasteiger charge is 2.52. The Morgan fingerprint density at radius 2 is 1.46 bits per heavy atom. The first kappa shape index (κ1) is 28.0. The fraction of sp³-hybridized carbons (Fsp3) is 0.267. The number of Topliss-reactive ketones (excluding diaryl/α,β-unsaturated/α-hetero) is 1. The second kappa shape index (κ2) is 11.5. The average molecular weight is 576 g/mol. The SMILES string of the molecule is C[C@@H]1CC[C@H]2C(=O)N(N(CC(=O)c3ccc(Oc4ccc([N+](=O)[O-])cc4)cc3)C(=O)c3ccc(Cl)cc3)C(=O)[C@H]2C1. The zero-order chi connectivity index (χ0) is 29.3. The molecule has 0 spiro atoms. The summed E-state index contributed by atoms with van der Waals surface area (Å²) < 4.78 is 5.70. The van der Waals surface area contributed by atoms with E-state index in [4.69, 9.17) is 16.3 Å². The minimum Gasteiger partial charge on any atom is -0.457 e. The van der Waals surface area contributed by atoms with Crippen LogP contribution < -0.4 is 4.74 Å². The van der Waals surface area contributed by atoms with Crippen LogP contribution in [0.5, 0.6) is 11.5 Å². The molecule has 11 heteroatoms. The number of hydrogen-bond donors (Lipinski definition) is 0. The van der Waals surface area contributed by atoms with Crippen LogP contribution in [0.25, 0.3) is 0 Å². The zero-order valence-corrected chi connectivity index (χ0v) is 22.8. The predicted octanol–water partition coefficient (Wildman–Crippen LogP) is 5.70. The van der Waals surface area contributed by atoms with Gasteiger partial charge in [0.15, 0.2) is 5.78 Å². The first-order valence-corrected chi connectivity index (χ1v) is 13.5. The van der Waals surface area contributed by atoms with E-state index in [1.807, 2.05) is 6.92 Å². The lowest BCUT2D eigenvalue weighted by atomic mass is 9.76. The molecule has 3 atom stereocenters. The maximum absolute atomic E-state index is 13.6. The molecule has 210 valence electrons. The number of amides is 3. The molecule has 2 fully saturated rings. The molecule has 3 amide bonds. The van der Waals surface area contributed by atoms with Crippen LogP contribution in [-0.2, 0) is 9.59 Å². The lowest BCUT2D eigenvalue weighted by molar-refractivity contribution is -0.384. The van der Waals surface area contributed by atoms with Crippen molar-refractivity contribution in [1.29, 1.82) is 0 Å². The molecule has 0 radical (unpaired) electrons. The maximum atomic E-state index is 13.6. The van der Waals surface area contributed by atoms with Gasteiger partial charge in [0.2, 0.25) is 0 Å². The first-order chi connectivity index (χ1) is 19.6. The molecule has 10 nitrogen and oxygen atoms in total. The van der Waals surface area contributed by atoms with Gasteiger partial charge in [-0.05, 0) is 85.8 Å². The topological polar surface area (TPSA) is 127 Å². The molecular formula is C30H26ClN3O7. The Kier molecular flexibility index (Phi) is 7.85. The zero-order valence-electron chi connectivity index (χ0n) is 22.1. The third kappa shape index (κ3) is 5.83. The van der Waals surface area contributed by atoms with Gasteiger partial charge in [-0.15, -0.1) is 0 Å². The standard InChI is InChI=1S/C30H26ClN3O7/c1-18-2-15-25-26(16-18)30(38)33(29(25)37)32(28(36)20-3-7-21(31)8-4-20)17-27(35)19-5-11-23(12-6-19)41-24-13-9-22(10-14-24)34(39)40/h3-14,18,25-26H,2,15-17H2,1H3/t18-,25-,26+/m1/s1. The highest BCUT2D eigenvalue weighted by molar-refractivity contribution is 6.30. The van der Waals surface area contributed by atoms with Crippen LogP contribution in [0.3, 0.4) is 0 Å².